The second-order valence-corrected chi connectivity index (χ2v) is 10.8. The molecular formula is C24H27N3O3S2. The fourth-order valence-corrected chi connectivity index (χ4v) is 5.61. The van der Waals surface area contributed by atoms with Gasteiger partial charge in [0.15, 0.2) is 0 Å². The Morgan fingerprint density at radius 1 is 0.969 bits per heavy atom. The van der Waals surface area contributed by atoms with Crippen molar-refractivity contribution >= 4 is 33.0 Å². The van der Waals surface area contributed by atoms with Crippen molar-refractivity contribution in [3.63, 3.8) is 0 Å². The maximum Gasteiger partial charge on any atom is 0.264 e. The number of sulfonamides is 1. The summed E-state index contributed by atoms with van der Waals surface area (Å²) in [4.78, 5) is 17.4. The van der Waals surface area contributed by atoms with Crippen LogP contribution in [0, 0.1) is 6.92 Å². The monoisotopic (exact) mass is 469 g/mol. The lowest BCUT2D eigenvalue weighted by molar-refractivity contribution is 0.0628. The summed E-state index contributed by atoms with van der Waals surface area (Å²) in [5.74, 6) is -0.0178. The normalized spacial score (nSPS) is 15.0. The maximum absolute atomic E-state index is 12.9. The van der Waals surface area contributed by atoms with Gasteiger partial charge in [-0.15, -0.1) is 0 Å². The lowest BCUT2D eigenvalue weighted by Gasteiger charge is -2.34. The van der Waals surface area contributed by atoms with Gasteiger partial charge >= 0.3 is 0 Å². The quantitative estimate of drug-likeness (QED) is 0.550. The summed E-state index contributed by atoms with van der Waals surface area (Å²) in [6.45, 7) is 5.90. The molecular weight excluding hydrogens is 442 g/mol. The smallest absolute Gasteiger partial charge is 0.264 e. The highest BCUT2D eigenvalue weighted by atomic mass is 32.2. The van der Waals surface area contributed by atoms with Crippen LogP contribution in [-0.2, 0) is 16.6 Å². The zero-order valence-corrected chi connectivity index (χ0v) is 19.9. The van der Waals surface area contributed by atoms with Crippen LogP contribution in [0.25, 0.3) is 0 Å². The third-order valence-corrected chi connectivity index (χ3v) is 8.33. The van der Waals surface area contributed by atoms with E-state index in [1.54, 1.807) is 59.9 Å². The van der Waals surface area contributed by atoms with Gasteiger partial charge in [-0.1, -0.05) is 17.7 Å². The first kappa shape index (κ1) is 22.5. The lowest BCUT2D eigenvalue weighted by atomic mass is 10.1. The first-order valence-corrected chi connectivity index (χ1v) is 12.9. The Balaban J connectivity index is 1.39. The van der Waals surface area contributed by atoms with Gasteiger partial charge in [0.05, 0.1) is 10.6 Å². The fourth-order valence-electron chi connectivity index (χ4n) is 3.75. The van der Waals surface area contributed by atoms with E-state index in [2.05, 4.69) is 21.7 Å². The average Bonchev–Trinajstić information content (AvgIpc) is 3.32. The molecule has 1 aliphatic heterocycles. The maximum atomic E-state index is 12.9. The minimum atomic E-state index is -3.66. The number of piperazine rings is 1. The lowest BCUT2D eigenvalue weighted by Crippen LogP contribution is -2.48. The Morgan fingerprint density at radius 2 is 1.62 bits per heavy atom. The highest BCUT2D eigenvalue weighted by molar-refractivity contribution is 7.92. The van der Waals surface area contributed by atoms with Gasteiger partial charge in [-0.05, 0) is 65.7 Å². The molecule has 8 heteroatoms. The number of hydrogen-bond acceptors (Lipinski definition) is 5. The van der Waals surface area contributed by atoms with Crippen LogP contribution >= 0.6 is 11.3 Å². The second-order valence-electron chi connectivity index (χ2n) is 8.03. The number of amides is 1. The van der Waals surface area contributed by atoms with E-state index in [9.17, 15) is 13.2 Å². The minimum absolute atomic E-state index is 0.0178. The molecule has 0 spiro atoms. The zero-order valence-electron chi connectivity index (χ0n) is 18.3. The number of nitrogens with zero attached hydrogens (tertiary/aromatic N) is 3. The highest BCUT2D eigenvalue weighted by Crippen LogP contribution is 2.23. The topological polar surface area (TPSA) is 60.9 Å². The minimum Gasteiger partial charge on any atom is -0.336 e. The second kappa shape index (κ2) is 9.44. The van der Waals surface area contributed by atoms with E-state index in [0.717, 1.165) is 25.2 Å². The molecule has 0 aliphatic carbocycles. The molecule has 0 unspecified atom stereocenters. The van der Waals surface area contributed by atoms with Crippen LogP contribution in [0.1, 0.15) is 21.5 Å². The molecule has 168 valence electrons. The first-order valence-electron chi connectivity index (χ1n) is 10.5. The van der Waals surface area contributed by atoms with Crippen molar-refractivity contribution in [2.75, 3.05) is 37.5 Å². The summed E-state index contributed by atoms with van der Waals surface area (Å²) in [5, 5.41) is 4.25. The third kappa shape index (κ3) is 4.87. The first-order chi connectivity index (χ1) is 15.3. The summed E-state index contributed by atoms with van der Waals surface area (Å²) in [7, 11) is -2.13. The van der Waals surface area contributed by atoms with Crippen molar-refractivity contribution in [1.29, 1.82) is 0 Å². The van der Waals surface area contributed by atoms with E-state index >= 15 is 0 Å². The van der Waals surface area contributed by atoms with E-state index in [-0.39, 0.29) is 10.8 Å². The SMILES string of the molecule is Cc1ccc(S(=O)(=O)N(C)c2ccc(C(=O)N3CCN(Cc4ccsc4)CC3)cc2)cc1. The molecule has 1 fully saturated rings. The Bertz CT molecular complexity index is 1150. The van der Waals surface area contributed by atoms with Crippen LogP contribution in [0.5, 0.6) is 0 Å². The third-order valence-electron chi connectivity index (χ3n) is 5.80. The van der Waals surface area contributed by atoms with Gasteiger partial charge in [-0.25, -0.2) is 8.42 Å². The van der Waals surface area contributed by atoms with Crippen molar-refractivity contribution in [3.05, 3.63) is 82.0 Å². The van der Waals surface area contributed by atoms with Crippen molar-refractivity contribution < 1.29 is 13.2 Å². The number of carbonyl (C=O) groups excluding carboxylic acids is 1. The van der Waals surface area contributed by atoms with Crippen LogP contribution < -0.4 is 4.31 Å². The highest BCUT2D eigenvalue weighted by Gasteiger charge is 2.24. The number of thiophene rings is 1. The molecule has 0 bridgehead atoms. The molecule has 3 aromatic rings. The molecule has 2 aromatic carbocycles. The fraction of sp³-hybridized carbons (Fsp3) is 0.292. The number of rotatable bonds is 6. The molecule has 0 atom stereocenters. The number of anilines is 1. The van der Waals surface area contributed by atoms with Gasteiger partial charge in [0.25, 0.3) is 15.9 Å². The number of aryl methyl sites for hydroxylation is 1. The van der Waals surface area contributed by atoms with Crippen molar-refractivity contribution in [2.45, 2.75) is 18.4 Å². The molecule has 32 heavy (non-hydrogen) atoms. The predicted molar refractivity (Wildman–Crippen MR) is 129 cm³/mol. The van der Waals surface area contributed by atoms with Crippen molar-refractivity contribution in [2.24, 2.45) is 0 Å². The van der Waals surface area contributed by atoms with E-state index < -0.39 is 10.0 Å². The number of carbonyl (C=O) groups is 1. The summed E-state index contributed by atoms with van der Waals surface area (Å²) >= 11 is 1.70. The summed E-state index contributed by atoms with van der Waals surface area (Å²) in [6.07, 6.45) is 0. The Kier molecular flexibility index (Phi) is 6.64. The number of hydrogen-bond donors (Lipinski definition) is 0. The van der Waals surface area contributed by atoms with Crippen LogP contribution in [0.2, 0.25) is 0 Å². The standard InChI is InChI=1S/C24H27N3O3S2/c1-19-3-9-23(10-4-19)32(29,30)25(2)22-7-5-21(6-8-22)24(28)27-14-12-26(13-15-27)17-20-11-16-31-18-20/h3-11,16,18H,12-15,17H2,1-2H3. The Morgan fingerprint density at radius 3 is 2.22 bits per heavy atom. The molecule has 1 aromatic heterocycles. The molecule has 1 aliphatic rings. The van der Waals surface area contributed by atoms with Crippen LogP contribution in [0.3, 0.4) is 0 Å². The molecule has 1 saturated heterocycles. The average molecular weight is 470 g/mol. The van der Waals surface area contributed by atoms with Gasteiger partial charge < -0.3 is 4.90 Å². The molecule has 1 amide bonds. The van der Waals surface area contributed by atoms with Gasteiger partial charge in [0, 0.05) is 45.3 Å². The predicted octanol–water partition coefficient (Wildman–Crippen LogP) is 3.84. The van der Waals surface area contributed by atoms with Crippen LogP contribution in [0.4, 0.5) is 5.69 Å². The summed E-state index contributed by atoms with van der Waals surface area (Å²) in [5.41, 5.74) is 3.40. The summed E-state index contributed by atoms with van der Waals surface area (Å²) < 4.78 is 27.0. The van der Waals surface area contributed by atoms with Crippen molar-refractivity contribution in [1.82, 2.24) is 9.80 Å². The van der Waals surface area contributed by atoms with Gasteiger partial charge in [-0.3, -0.25) is 14.0 Å². The van der Waals surface area contributed by atoms with E-state index in [1.165, 1.54) is 16.9 Å². The molecule has 2 heterocycles. The zero-order chi connectivity index (χ0) is 22.7. The van der Waals surface area contributed by atoms with Crippen LogP contribution in [0.15, 0.2) is 70.3 Å². The van der Waals surface area contributed by atoms with E-state index in [0.29, 0.717) is 24.3 Å². The van der Waals surface area contributed by atoms with E-state index in [4.69, 9.17) is 0 Å². The van der Waals surface area contributed by atoms with Gasteiger partial charge in [-0.2, -0.15) is 11.3 Å². The molecule has 4 rings (SSSR count). The van der Waals surface area contributed by atoms with Crippen LogP contribution in [-0.4, -0.2) is 57.4 Å². The van der Waals surface area contributed by atoms with Gasteiger partial charge in [0.2, 0.25) is 0 Å². The largest absolute Gasteiger partial charge is 0.336 e. The Labute approximate surface area is 193 Å². The molecule has 0 radical (unpaired) electrons. The molecule has 0 saturated carbocycles. The van der Waals surface area contributed by atoms with Crippen molar-refractivity contribution in [3.8, 4) is 0 Å². The molecule has 6 nitrogen and oxygen atoms in total. The summed E-state index contributed by atoms with van der Waals surface area (Å²) in [6, 6.07) is 15.7. The number of benzene rings is 2. The Hall–Kier alpha value is -2.68. The van der Waals surface area contributed by atoms with Gasteiger partial charge in [0.1, 0.15) is 0 Å². The molecule has 0 N–H and O–H groups in total. The van der Waals surface area contributed by atoms with E-state index in [1.807, 2.05) is 11.8 Å².